The standard InChI is InChI=1S/C10H12BrFN2O/c1-13-5-4-10(15)14-9-6-7(12)2-3-8(9)11/h2-3,6,13H,4-5H2,1H3,(H,14,15). The Kier molecular flexibility index (Phi) is 4.71. The summed E-state index contributed by atoms with van der Waals surface area (Å²) in [4.78, 5) is 11.3. The van der Waals surface area contributed by atoms with E-state index in [0.717, 1.165) is 0 Å². The summed E-state index contributed by atoms with van der Waals surface area (Å²) in [5, 5.41) is 5.48. The Morgan fingerprint density at radius 3 is 2.93 bits per heavy atom. The van der Waals surface area contributed by atoms with Crippen molar-refractivity contribution in [3.8, 4) is 0 Å². The third-order valence-electron chi connectivity index (χ3n) is 1.80. The molecule has 0 fully saturated rings. The van der Waals surface area contributed by atoms with Crippen LogP contribution in [-0.4, -0.2) is 19.5 Å². The number of nitrogens with one attached hydrogen (secondary N) is 2. The van der Waals surface area contributed by atoms with Crippen LogP contribution >= 0.6 is 15.9 Å². The van der Waals surface area contributed by atoms with Gasteiger partial charge < -0.3 is 10.6 Å². The Bertz CT molecular complexity index is 357. The van der Waals surface area contributed by atoms with E-state index < -0.39 is 0 Å². The molecule has 2 N–H and O–H groups in total. The van der Waals surface area contributed by atoms with Crippen LogP contribution in [0, 0.1) is 5.82 Å². The van der Waals surface area contributed by atoms with Crippen molar-refractivity contribution in [3.05, 3.63) is 28.5 Å². The molecule has 0 aliphatic heterocycles. The summed E-state index contributed by atoms with van der Waals surface area (Å²) >= 11 is 3.23. The summed E-state index contributed by atoms with van der Waals surface area (Å²) < 4.78 is 13.5. The van der Waals surface area contributed by atoms with Gasteiger partial charge in [0.1, 0.15) is 5.82 Å². The van der Waals surface area contributed by atoms with Gasteiger partial charge in [-0.3, -0.25) is 4.79 Å². The number of anilines is 1. The van der Waals surface area contributed by atoms with Gasteiger partial charge in [0.15, 0.2) is 0 Å². The summed E-state index contributed by atoms with van der Waals surface area (Å²) in [7, 11) is 1.77. The van der Waals surface area contributed by atoms with Gasteiger partial charge in [0.25, 0.3) is 0 Å². The molecule has 0 bridgehead atoms. The summed E-state index contributed by atoms with van der Waals surface area (Å²) in [5.41, 5.74) is 0.455. The molecule has 3 nitrogen and oxygen atoms in total. The summed E-state index contributed by atoms with van der Waals surface area (Å²) in [6.07, 6.45) is 0.361. The van der Waals surface area contributed by atoms with Gasteiger partial charge in [-0.05, 0) is 41.2 Å². The van der Waals surface area contributed by atoms with Crippen LogP contribution in [0.3, 0.4) is 0 Å². The third-order valence-corrected chi connectivity index (χ3v) is 2.50. The quantitative estimate of drug-likeness (QED) is 0.883. The molecule has 1 amide bonds. The fraction of sp³-hybridized carbons (Fsp3) is 0.300. The van der Waals surface area contributed by atoms with Gasteiger partial charge in [-0.1, -0.05) is 0 Å². The highest BCUT2D eigenvalue weighted by Crippen LogP contribution is 2.22. The van der Waals surface area contributed by atoms with Gasteiger partial charge in [0.2, 0.25) is 5.91 Å². The SMILES string of the molecule is CNCCC(=O)Nc1cc(F)ccc1Br. The van der Waals surface area contributed by atoms with Crippen LogP contribution in [0.4, 0.5) is 10.1 Å². The van der Waals surface area contributed by atoms with Crippen molar-refractivity contribution in [3.63, 3.8) is 0 Å². The van der Waals surface area contributed by atoms with Crippen molar-refractivity contribution in [1.29, 1.82) is 0 Å². The zero-order valence-corrected chi connectivity index (χ0v) is 9.90. The molecule has 5 heteroatoms. The summed E-state index contributed by atoms with van der Waals surface area (Å²) in [5.74, 6) is -0.516. The van der Waals surface area contributed by atoms with Crippen LogP contribution in [0.1, 0.15) is 6.42 Å². The van der Waals surface area contributed by atoms with Crippen LogP contribution in [0.15, 0.2) is 22.7 Å². The second kappa shape index (κ2) is 5.82. The zero-order valence-electron chi connectivity index (χ0n) is 8.31. The molecule has 0 saturated carbocycles. The first-order chi connectivity index (χ1) is 7.13. The van der Waals surface area contributed by atoms with Crippen LogP contribution < -0.4 is 10.6 Å². The highest BCUT2D eigenvalue weighted by Gasteiger charge is 2.05. The first-order valence-electron chi connectivity index (χ1n) is 4.53. The van der Waals surface area contributed by atoms with Gasteiger partial charge >= 0.3 is 0 Å². The van der Waals surface area contributed by atoms with Gasteiger partial charge in [-0.25, -0.2) is 4.39 Å². The molecular weight excluding hydrogens is 263 g/mol. The van der Waals surface area contributed by atoms with Crippen molar-refractivity contribution in [2.75, 3.05) is 18.9 Å². The zero-order chi connectivity index (χ0) is 11.3. The van der Waals surface area contributed by atoms with E-state index in [1.54, 1.807) is 13.1 Å². The monoisotopic (exact) mass is 274 g/mol. The fourth-order valence-corrected chi connectivity index (χ4v) is 1.39. The molecule has 0 aliphatic rings. The van der Waals surface area contributed by atoms with Crippen molar-refractivity contribution < 1.29 is 9.18 Å². The fourth-order valence-electron chi connectivity index (χ4n) is 1.04. The number of benzene rings is 1. The molecule has 0 radical (unpaired) electrons. The number of rotatable bonds is 4. The lowest BCUT2D eigenvalue weighted by Crippen LogP contribution is -2.18. The Labute approximate surface area is 96.2 Å². The largest absolute Gasteiger partial charge is 0.325 e. The molecule has 1 aromatic carbocycles. The van der Waals surface area contributed by atoms with Crippen LogP contribution in [0.5, 0.6) is 0 Å². The van der Waals surface area contributed by atoms with E-state index >= 15 is 0 Å². The molecule has 0 unspecified atom stereocenters. The van der Waals surface area contributed by atoms with E-state index in [-0.39, 0.29) is 11.7 Å². The average molecular weight is 275 g/mol. The van der Waals surface area contributed by atoms with E-state index in [1.807, 2.05) is 0 Å². The minimum atomic E-state index is -0.373. The summed E-state index contributed by atoms with van der Waals surface area (Å²) in [6.45, 7) is 0.596. The predicted octanol–water partition coefficient (Wildman–Crippen LogP) is 2.14. The maximum Gasteiger partial charge on any atom is 0.225 e. The average Bonchev–Trinajstić information content (AvgIpc) is 2.20. The van der Waals surface area contributed by atoms with Gasteiger partial charge in [-0.2, -0.15) is 0 Å². The molecule has 0 aromatic heterocycles. The minimum Gasteiger partial charge on any atom is -0.325 e. The third kappa shape index (κ3) is 3.97. The maximum absolute atomic E-state index is 12.9. The lowest BCUT2D eigenvalue weighted by Gasteiger charge is -2.07. The Balaban J connectivity index is 2.63. The second-order valence-corrected chi connectivity index (χ2v) is 3.88. The summed E-state index contributed by atoms with van der Waals surface area (Å²) in [6, 6.07) is 4.16. The lowest BCUT2D eigenvalue weighted by molar-refractivity contribution is -0.116. The highest BCUT2D eigenvalue weighted by atomic mass is 79.9. The first kappa shape index (κ1) is 12.1. The molecule has 15 heavy (non-hydrogen) atoms. The van der Waals surface area contributed by atoms with Crippen molar-refractivity contribution in [2.45, 2.75) is 6.42 Å². The number of carbonyl (C=O) groups is 1. The van der Waals surface area contributed by atoms with E-state index in [9.17, 15) is 9.18 Å². The minimum absolute atomic E-state index is 0.143. The topological polar surface area (TPSA) is 41.1 Å². The lowest BCUT2D eigenvalue weighted by atomic mass is 10.3. The van der Waals surface area contributed by atoms with Crippen molar-refractivity contribution in [2.24, 2.45) is 0 Å². The molecule has 0 atom stereocenters. The number of amides is 1. The molecule has 82 valence electrons. The molecule has 0 spiro atoms. The maximum atomic E-state index is 12.9. The van der Waals surface area contributed by atoms with E-state index in [4.69, 9.17) is 0 Å². The van der Waals surface area contributed by atoms with Crippen molar-refractivity contribution >= 4 is 27.5 Å². The smallest absolute Gasteiger partial charge is 0.225 e. The van der Waals surface area contributed by atoms with Gasteiger partial charge in [-0.15, -0.1) is 0 Å². The number of halogens is 2. The first-order valence-corrected chi connectivity index (χ1v) is 5.32. The Morgan fingerprint density at radius 1 is 1.53 bits per heavy atom. The van der Waals surface area contributed by atoms with E-state index in [1.165, 1.54) is 12.1 Å². The number of carbonyl (C=O) groups excluding carboxylic acids is 1. The predicted molar refractivity (Wildman–Crippen MR) is 61.3 cm³/mol. The molecular formula is C10H12BrFN2O. The molecule has 1 rings (SSSR count). The van der Waals surface area contributed by atoms with Crippen LogP contribution in [0.25, 0.3) is 0 Å². The number of hydrogen-bond acceptors (Lipinski definition) is 2. The van der Waals surface area contributed by atoms with E-state index in [2.05, 4.69) is 26.6 Å². The van der Waals surface area contributed by atoms with Crippen LogP contribution in [-0.2, 0) is 4.79 Å². The Morgan fingerprint density at radius 2 is 2.27 bits per heavy atom. The molecule has 1 aromatic rings. The molecule has 0 aliphatic carbocycles. The normalized spacial score (nSPS) is 10.1. The second-order valence-electron chi connectivity index (χ2n) is 3.03. The molecule has 0 heterocycles. The van der Waals surface area contributed by atoms with Crippen molar-refractivity contribution in [1.82, 2.24) is 5.32 Å². The Hall–Kier alpha value is -0.940. The van der Waals surface area contributed by atoms with Gasteiger partial charge in [0.05, 0.1) is 5.69 Å². The molecule has 0 saturated heterocycles. The van der Waals surface area contributed by atoms with Crippen LogP contribution in [0.2, 0.25) is 0 Å². The van der Waals surface area contributed by atoms with Gasteiger partial charge in [0, 0.05) is 17.4 Å². The van der Waals surface area contributed by atoms with E-state index in [0.29, 0.717) is 23.1 Å². The number of hydrogen-bond donors (Lipinski definition) is 2. The highest BCUT2D eigenvalue weighted by molar-refractivity contribution is 9.10.